The largest absolute Gasteiger partial charge is 0.273 e. The SMILES string of the molecule is Cc1ccc(SCC(=O)NNC(=O)C[C@@H]2CCS(=O)(=O)C2)cc1C. The molecule has 6 nitrogen and oxygen atoms in total. The maximum Gasteiger partial charge on any atom is 0.248 e. The summed E-state index contributed by atoms with van der Waals surface area (Å²) in [6.07, 6.45) is 0.621. The maximum absolute atomic E-state index is 11.8. The van der Waals surface area contributed by atoms with E-state index < -0.39 is 9.84 Å². The predicted molar refractivity (Wildman–Crippen MR) is 94.3 cm³/mol. The van der Waals surface area contributed by atoms with Crippen molar-refractivity contribution in [3.63, 3.8) is 0 Å². The van der Waals surface area contributed by atoms with Gasteiger partial charge in [0.25, 0.3) is 0 Å². The first kappa shape index (κ1) is 18.8. The number of carbonyl (C=O) groups is 2. The Balaban J connectivity index is 1.69. The number of hydrazine groups is 1. The second kappa shape index (κ2) is 8.02. The third-order valence-corrected chi connectivity index (χ3v) is 6.82. The predicted octanol–water partition coefficient (Wildman–Crippen LogP) is 1.37. The topological polar surface area (TPSA) is 92.3 Å². The van der Waals surface area contributed by atoms with Crippen LogP contribution < -0.4 is 10.9 Å². The Kier molecular flexibility index (Phi) is 6.28. The molecule has 1 fully saturated rings. The van der Waals surface area contributed by atoms with Gasteiger partial charge in [-0.2, -0.15) is 0 Å². The lowest BCUT2D eigenvalue weighted by Gasteiger charge is -2.10. The van der Waals surface area contributed by atoms with Crippen LogP contribution in [0.2, 0.25) is 0 Å². The highest BCUT2D eigenvalue weighted by molar-refractivity contribution is 8.00. The third-order valence-electron chi connectivity index (χ3n) is 3.99. The number of hydrogen-bond donors (Lipinski definition) is 2. The summed E-state index contributed by atoms with van der Waals surface area (Å²) in [4.78, 5) is 24.5. The van der Waals surface area contributed by atoms with Gasteiger partial charge in [-0.1, -0.05) is 6.07 Å². The van der Waals surface area contributed by atoms with Crippen molar-refractivity contribution in [2.24, 2.45) is 5.92 Å². The first-order valence-electron chi connectivity index (χ1n) is 7.73. The number of hydrogen-bond acceptors (Lipinski definition) is 5. The molecular weight excluding hydrogens is 348 g/mol. The zero-order valence-electron chi connectivity index (χ0n) is 13.8. The fourth-order valence-corrected chi connectivity index (χ4v) is 5.13. The Morgan fingerprint density at radius 1 is 1.17 bits per heavy atom. The molecule has 1 saturated heterocycles. The Morgan fingerprint density at radius 2 is 1.88 bits per heavy atom. The summed E-state index contributed by atoms with van der Waals surface area (Å²) < 4.78 is 22.7. The van der Waals surface area contributed by atoms with Gasteiger partial charge in [-0.3, -0.25) is 20.4 Å². The van der Waals surface area contributed by atoms with E-state index in [-0.39, 0.29) is 41.4 Å². The summed E-state index contributed by atoms with van der Waals surface area (Å²) in [6, 6.07) is 5.98. The summed E-state index contributed by atoms with van der Waals surface area (Å²) in [5.74, 6) is -0.425. The van der Waals surface area contributed by atoms with Crippen molar-refractivity contribution < 1.29 is 18.0 Å². The van der Waals surface area contributed by atoms with Crippen molar-refractivity contribution in [2.75, 3.05) is 17.3 Å². The van der Waals surface area contributed by atoms with Crippen molar-refractivity contribution in [3.8, 4) is 0 Å². The van der Waals surface area contributed by atoms with Gasteiger partial charge in [0.05, 0.1) is 17.3 Å². The first-order valence-corrected chi connectivity index (χ1v) is 10.5. The molecule has 0 aromatic heterocycles. The standard InChI is InChI=1S/C16H22N2O4S2/c1-11-3-4-14(7-12(11)2)23-9-16(20)18-17-15(19)8-13-5-6-24(21,22)10-13/h3-4,7,13H,5-6,8-10H2,1-2H3,(H,17,19)(H,18,20)/t13-/m0/s1. The number of sulfone groups is 1. The van der Waals surface area contributed by atoms with Gasteiger partial charge in [-0.25, -0.2) is 8.42 Å². The van der Waals surface area contributed by atoms with E-state index in [1.807, 2.05) is 32.0 Å². The molecule has 0 radical (unpaired) electrons. The molecule has 0 spiro atoms. The number of thioether (sulfide) groups is 1. The fraction of sp³-hybridized carbons (Fsp3) is 0.500. The summed E-state index contributed by atoms with van der Waals surface area (Å²) in [5.41, 5.74) is 7.08. The van der Waals surface area contributed by atoms with Crippen LogP contribution in [-0.2, 0) is 19.4 Å². The van der Waals surface area contributed by atoms with E-state index in [9.17, 15) is 18.0 Å². The Morgan fingerprint density at radius 3 is 2.50 bits per heavy atom. The monoisotopic (exact) mass is 370 g/mol. The molecule has 2 amide bonds. The quantitative estimate of drug-likeness (QED) is 0.603. The van der Waals surface area contributed by atoms with Crippen molar-refractivity contribution >= 4 is 33.4 Å². The van der Waals surface area contributed by atoms with Gasteiger partial charge in [-0.05, 0) is 49.4 Å². The minimum Gasteiger partial charge on any atom is -0.273 e. The van der Waals surface area contributed by atoms with Gasteiger partial charge in [0.2, 0.25) is 11.8 Å². The minimum atomic E-state index is -2.99. The van der Waals surface area contributed by atoms with Crippen molar-refractivity contribution in [3.05, 3.63) is 29.3 Å². The molecule has 0 aliphatic carbocycles. The number of aryl methyl sites for hydroxylation is 2. The van der Waals surface area contributed by atoms with Gasteiger partial charge in [0, 0.05) is 11.3 Å². The van der Waals surface area contributed by atoms with Crippen LogP contribution in [0.4, 0.5) is 0 Å². The van der Waals surface area contributed by atoms with E-state index in [2.05, 4.69) is 10.9 Å². The number of amides is 2. The van der Waals surface area contributed by atoms with Crippen LogP contribution in [0.5, 0.6) is 0 Å². The minimum absolute atomic E-state index is 0.0526. The molecule has 1 heterocycles. The van der Waals surface area contributed by atoms with E-state index in [0.717, 1.165) is 4.90 Å². The zero-order chi connectivity index (χ0) is 17.7. The van der Waals surface area contributed by atoms with Crippen molar-refractivity contribution in [2.45, 2.75) is 31.6 Å². The lowest BCUT2D eigenvalue weighted by molar-refractivity contribution is -0.128. The van der Waals surface area contributed by atoms with Crippen LogP contribution >= 0.6 is 11.8 Å². The molecule has 132 valence electrons. The molecule has 0 unspecified atom stereocenters. The van der Waals surface area contributed by atoms with Crippen LogP contribution in [0, 0.1) is 19.8 Å². The van der Waals surface area contributed by atoms with E-state index in [0.29, 0.717) is 6.42 Å². The molecule has 0 bridgehead atoms. The molecule has 1 atom stereocenters. The number of carbonyl (C=O) groups excluding carboxylic acids is 2. The molecular formula is C16H22N2O4S2. The van der Waals surface area contributed by atoms with Crippen LogP contribution in [0.3, 0.4) is 0 Å². The molecule has 2 rings (SSSR count). The Bertz CT molecular complexity index is 732. The van der Waals surface area contributed by atoms with Crippen LogP contribution in [0.25, 0.3) is 0 Å². The van der Waals surface area contributed by atoms with Crippen LogP contribution in [-0.4, -0.2) is 37.5 Å². The second-order valence-corrected chi connectivity index (χ2v) is 9.38. The molecule has 1 aliphatic heterocycles. The smallest absolute Gasteiger partial charge is 0.248 e. The summed E-state index contributed by atoms with van der Waals surface area (Å²) in [5, 5.41) is 0. The molecule has 8 heteroatoms. The molecule has 2 N–H and O–H groups in total. The van der Waals surface area contributed by atoms with Gasteiger partial charge in [-0.15, -0.1) is 11.8 Å². The van der Waals surface area contributed by atoms with E-state index in [1.165, 1.54) is 22.9 Å². The van der Waals surface area contributed by atoms with Crippen molar-refractivity contribution in [1.82, 2.24) is 10.9 Å². The Labute approximate surface area is 146 Å². The van der Waals surface area contributed by atoms with Gasteiger partial charge in [0.1, 0.15) is 0 Å². The average molecular weight is 370 g/mol. The lowest BCUT2D eigenvalue weighted by Crippen LogP contribution is -2.43. The summed E-state index contributed by atoms with van der Waals surface area (Å²) in [7, 11) is -2.99. The van der Waals surface area contributed by atoms with E-state index >= 15 is 0 Å². The number of rotatable bonds is 5. The first-order chi connectivity index (χ1) is 11.2. The van der Waals surface area contributed by atoms with Crippen molar-refractivity contribution in [1.29, 1.82) is 0 Å². The van der Waals surface area contributed by atoms with Crippen LogP contribution in [0.15, 0.2) is 23.1 Å². The normalized spacial score (nSPS) is 19.0. The molecule has 1 aliphatic rings. The highest BCUT2D eigenvalue weighted by Gasteiger charge is 2.29. The summed E-state index contributed by atoms with van der Waals surface area (Å²) in [6.45, 7) is 4.05. The maximum atomic E-state index is 11.8. The molecule has 1 aromatic carbocycles. The highest BCUT2D eigenvalue weighted by atomic mass is 32.2. The van der Waals surface area contributed by atoms with Gasteiger partial charge < -0.3 is 0 Å². The van der Waals surface area contributed by atoms with Gasteiger partial charge >= 0.3 is 0 Å². The molecule has 24 heavy (non-hydrogen) atoms. The number of nitrogens with one attached hydrogen (secondary N) is 2. The van der Waals surface area contributed by atoms with E-state index in [4.69, 9.17) is 0 Å². The number of benzene rings is 1. The average Bonchev–Trinajstić information content (AvgIpc) is 2.85. The Hall–Kier alpha value is -1.54. The van der Waals surface area contributed by atoms with Gasteiger partial charge in [0.15, 0.2) is 9.84 Å². The molecule has 0 saturated carbocycles. The summed E-state index contributed by atoms with van der Waals surface area (Å²) >= 11 is 1.39. The highest BCUT2D eigenvalue weighted by Crippen LogP contribution is 2.22. The third kappa shape index (κ3) is 5.83. The molecule has 1 aromatic rings. The zero-order valence-corrected chi connectivity index (χ0v) is 15.4. The second-order valence-electron chi connectivity index (χ2n) is 6.10. The van der Waals surface area contributed by atoms with E-state index in [1.54, 1.807) is 0 Å². The lowest BCUT2D eigenvalue weighted by atomic mass is 10.1. The fourth-order valence-electron chi connectivity index (χ4n) is 2.47. The van der Waals surface area contributed by atoms with Crippen LogP contribution in [0.1, 0.15) is 24.0 Å².